The molecule has 0 unspecified atom stereocenters. The Morgan fingerprint density at radius 2 is 1.63 bits per heavy atom. The normalized spacial score (nSPS) is 11.6. The maximum absolute atomic E-state index is 13.3. The summed E-state index contributed by atoms with van der Waals surface area (Å²) in [6.45, 7) is 3.33. The summed E-state index contributed by atoms with van der Waals surface area (Å²) in [5.74, 6) is -0.0193. The van der Waals surface area contributed by atoms with Crippen molar-refractivity contribution in [3.8, 4) is 22.7 Å². The van der Waals surface area contributed by atoms with Gasteiger partial charge in [-0.25, -0.2) is 19.3 Å². The number of hydrogen-bond donors (Lipinski definition) is 1. The van der Waals surface area contributed by atoms with E-state index in [1.807, 2.05) is 0 Å². The molecule has 4 aromatic rings. The molecule has 3 aromatic heterocycles. The van der Waals surface area contributed by atoms with Gasteiger partial charge in [-0.2, -0.15) is 0 Å². The molecule has 30 heavy (non-hydrogen) atoms. The van der Waals surface area contributed by atoms with E-state index in [1.54, 1.807) is 44.3 Å². The summed E-state index contributed by atoms with van der Waals surface area (Å²) in [5.41, 5.74) is 1.33. The van der Waals surface area contributed by atoms with Crippen molar-refractivity contribution >= 4 is 23.4 Å². The highest BCUT2D eigenvalue weighted by molar-refractivity contribution is 7.99. The second-order valence-corrected chi connectivity index (χ2v) is 8.32. The summed E-state index contributed by atoms with van der Waals surface area (Å²) in [5, 5.41) is 11.5. The van der Waals surface area contributed by atoms with Crippen molar-refractivity contribution in [1.82, 2.24) is 19.9 Å². The first-order valence-electron chi connectivity index (χ1n) is 8.91. The lowest BCUT2D eigenvalue weighted by Crippen LogP contribution is -2.17. The topological polar surface area (TPSA) is 84.9 Å². The minimum absolute atomic E-state index is 0.327. The number of aliphatic hydroxyl groups is 1. The van der Waals surface area contributed by atoms with Gasteiger partial charge in [0.2, 0.25) is 5.89 Å². The highest BCUT2D eigenvalue weighted by atomic mass is 35.5. The summed E-state index contributed by atoms with van der Waals surface area (Å²) < 4.78 is 19.3. The Bertz CT molecular complexity index is 1160. The third-order valence-electron chi connectivity index (χ3n) is 4.13. The highest BCUT2D eigenvalue weighted by Crippen LogP contribution is 2.38. The van der Waals surface area contributed by atoms with Gasteiger partial charge < -0.3 is 9.52 Å². The zero-order valence-electron chi connectivity index (χ0n) is 16.0. The molecule has 9 heteroatoms. The van der Waals surface area contributed by atoms with Crippen LogP contribution in [-0.2, 0) is 5.60 Å². The fraction of sp³-hybridized carbons (Fsp3) is 0.143. The van der Waals surface area contributed by atoms with Crippen LogP contribution in [0.25, 0.3) is 22.7 Å². The fourth-order valence-corrected chi connectivity index (χ4v) is 3.46. The van der Waals surface area contributed by atoms with Crippen molar-refractivity contribution in [3.63, 3.8) is 0 Å². The lowest BCUT2D eigenvalue weighted by molar-refractivity contribution is 0.0739. The van der Waals surface area contributed by atoms with Crippen LogP contribution in [0.5, 0.6) is 0 Å². The molecule has 0 fully saturated rings. The van der Waals surface area contributed by atoms with Gasteiger partial charge in [0.1, 0.15) is 17.1 Å². The van der Waals surface area contributed by atoms with E-state index in [2.05, 4.69) is 19.9 Å². The minimum Gasteiger partial charge on any atom is -0.429 e. The van der Waals surface area contributed by atoms with Crippen molar-refractivity contribution in [2.45, 2.75) is 29.7 Å². The molecule has 4 rings (SSSR count). The third-order valence-corrected chi connectivity index (χ3v) is 5.18. The van der Waals surface area contributed by atoms with Crippen LogP contribution < -0.4 is 0 Å². The van der Waals surface area contributed by atoms with E-state index >= 15 is 0 Å². The Balaban J connectivity index is 1.76. The second kappa shape index (κ2) is 8.14. The molecule has 0 bridgehead atoms. The van der Waals surface area contributed by atoms with Gasteiger partial charge in [0.05, 0.1) is 23.1 Å². The van der Waals surface area contributed by atoms with E-state index in [-0.39, 0.29) is 5.82 Å². The Labute approximate surface area is 181 Å². The van der Waals surface area contributed by atoms with E-state index in [0.717, 1.165) is 0 Å². The fourth-order valence-electron chi connectivity index (χ4n) is 2.61. The van der Waals surface area contributed by atoms with Gasteiger partial charge in [0.15, 0.2) is 10.2 Å². The van der Waals surface area contributed by atoms with Crippen LogP contribution in [0.3, 0.4) is 0 Å². The van der Waals surface area contributed by atoms with Crippen molar-refractivity contribution in [1.29, 1.82) is 0 Å². The molecule has 0 aliphatic carbocycles. The van der Waals surface area contributed by atoms with Crippen molar-refractivity contribution < 1.29 is 13.9 Å². The monoisotopic (exact) mass is 442 g/mol. The molecular weight excluding hydrogens is 427 g/mol. The molecule has 152 valence electrons. The van der Waals surface area contributed by atoms with E-state index < -0.39 is 5.60 Å². The number of pyridine rings is 1. The molecule has 0 radical (unpaired) electrons. The van der Waals surface area contributed by atoms with Crippen LogP contribution >= 0.6 is 23.4 Å². The van der Waals surface area contributed by atoms with Gasteiger partial charge in [-0.1, -0.05) is 11.6 Å². The molecule has 0 aliphatic heterocycles. The summed E-state index contributed by atoms with van der Waals surface area (Å²) in [7, 11) is 0. The molecule has 0 saturated carbocycles. The number of aromatic nitrogens is 4. The molecule has 0 spiro atoms. The summed E-state index contributed by atoms with van der Waals surface area (Å²) in [6.07, 6.45) is 4.60. The standard InChI is InChI=1S/C21H16ClFN4O2S/c1-21(2,28)16-8-5-13(9-24-16)17-19(30-20-25-10-14(22)11-26-20)29-18(27-17)12-3-6-15(23)7-4-12/h3-11,28H,1-2H3. The van der Waals surface area contributed by atoms with Crippen LogP contribution in [0.4, 0.5) is 4.39 Å². The number of benzene rings is 1. The smallest absolute Gasteiger partial charge is 0.228 e. The largest absolute Gasteiger partial charge is 0.429 e. The van der Waals surface area contributed by atoms with E-state index in [9.17, 15) is 9.50 Å². The summed E-state index contributed by atoms with van der Waals surface area (Å²) in [4.78, 5) is 17.3. The predicted octanol–water partition coefficient (Wildman–Crippen LogP) is 5.36. The van der Waals surface area contributed by atoms with Crippen LogP contribution in [0.15, 0.2) is 69.7 Å². The first-order chi connectivity index (χ1) is 14.3. The average molecular weight is 443 g/mol. The van der Waals surface area contributed by atoms with Crippen LogP contribution in [0.1, 0.15) is 19.5 Å². The Morgan fingerprint density at radius 1 is 0.967 bits per heavy atom. The first-order valence-corrected chi connectivity index (χ1v) is 10.1. The van der Waals surface area contributed by atoms with Gasteiger partial charge in [-0.3, -0.25) is 4.98 Å². The minimum atomic E-state index is -1.06. The molecule has 0 atom stereocenters. The Kier molecular flexibility index (Phi) is 5.55. The van der Waals surface area contributed by atoms with Crippen molar-refractivity contribution in [2.24, 2.45) is 0 Å². The summed E-state index contributed by atoms with van der Waals surface area (Å²) >= 11 is 7.05. The number of rotatable bonds is 5. The van der Waals surface area contributed by atoms with Crippen LogP contribution in [0.2, 0.25) is 5.02 Å². The van der Waals surface area contributed by atoms with E-state index in [0.29, 0.717) is 43.7 Å². The third kappa shape index (κ3) is 4.51. The maximum atomic E-state index is 13.3. The Hall–Kier alpha value is -2.81. The molecule has 6 nitrogen and oxygen atoms in total. The van der Waals surface area contributed by atoms with Gasteiger partial charge in [0, 0.05) is 17.3 Å². The Morgan fingerprint density at radius 3 is 2.23 bits per heavy atom. The van der Waals surface area contributed by atoms with Crippen molar-refractivity contribution in [2.75, 3.05) is 0 Å². The number of oxazole rings is 1. The SMILES string of the molecule is CC(C)(O)c1ccc(-c2nc(-c3ccc(F)cc3)oc2Sc2ncc(Cl)cn2)cn1. The molecular formula is C21H16ClFN4O2S. The lowest BCUT2D eigenvalue weighted by Gasteiger charge is -2.16. The van der Waals surface area contributed by atoms with Gasteiger partial charge in [-0.15, -0.1) is 0 Å². The van der Waals surface area contributed by atoms with Gasteiger partial charge in [-0.05, 0) is 62.0 Å². The van der Waals surface area contributed by atoms with E-state index in [1.165, 1.54) is 36.3 Å². The zero-order chi connectivity index (χ0) is 21.3. The van der Waals surface area contributed by atoms with Crippen LogP contribution in [0, 0.1) is 5.82 Å². The van der Waals surface area contributed by atoms with Gasteiger partial charge >= 0.3 is 0 Å². The zero-order valence-corrected chi connectivity index (χ0v) is 17.6. The van der Waals surface area contributed by atoms with Gasteiger partial charge in [0.25, 0.3) is 0 Å². The predicted molar refractivity (Wildman–Crippen MR) is 112 cm³/mol. The molecule has 0 aliphatic rings. The average Bonchev–Trinajstić information content (AvgIpc) is 3.13. The van der Waals surface area contributed by atoms with Crippen molar-refractivity contribution in [3.05, 3.63) is 71.5 Å². The first kappa shape index (κ1) is 20.5. The molecule has 0 saturated heterocycles. The molecule has 1 N–H and O–H groups in total. The number of halogens is 2. The quantitative estimate of drug-likeness (QED) is 0.416. The van der Waals surface area contributed by atoms with E-state index in [4.69, 9.17) is 16.0 Å². The highest BCUT2D eigenvalue weighted by Gasteiger charge is 2.21. The lowest BCUT2D eigenvalue weighted by atomic mass is 10.0. The number of nitrogens with zero attached hydrogens (tertiary/aromatic N) is 4. The molecule has 1 aromatic carbocycles. The number of hydrogen-bond acceptors (Lipinski definition) is 7. The maximum Gasteiger partial charge on any atom is 0.228 e. The molecule has 0 amide bonds. The van der Waals surface area contributed by atoms with Crippen LogP contribution in [-0.4, -0.2) is 25.0 Å². The molecule has 3 heterocycles. The summed E-state index contributed by atoms with van der Waals surface area (Å²) in [6, 6.07) is 9.40. The second-order valence-electron chi connectivity index (χ2n) is 6.94.